The number of hydrogen-bond acceptors (Lipinski definition) is 6. The highest BCUT2D eigenvalue weighted by Gasteiger charge is 2.34. The summed E-state index contributed by atoms with van der Waals surface area (Å²) in [5.41, 5.74) is 1.49. The van der Waals surface area contributed by atoms with Crippen molar-refractivity contribution in [3.8, 4) is 5.69 Å². The minimum absolute atomic E-state index is 0.0193. The topological polar surface area (TPSA) is 98.6 Å². The first-order chi connectivity index (χ1) is 18.6. The molecule has 1 saturated carbocycles. The smallest absolute Gasteiger partial charge is 0.343 e. The van der Waals surface area contributed by atoms with E-state index in [9.17, 15) is 18.0 Å². The number of carbonyl (C=O) groups excluding carboxylic acids is 2. The van der Waals surface area contributed by atoms with Gasteiger partial charge in [-0.05, 0) is 82.2 Å². The summed E-state index contributed by atoms with van der Waals surface area (Å²) in [6.45, 7) is 7.98. The van der Waals surface area contributed by atoms with Crippen molar-refractivity contribution in [2.45, 2.75) is 70.1 Å². The Hall–Kier alpha value is -3.46. The van der Waals surface area contributed by atoms with Gasteiger partial charge in [0, 0.05) is 18.2 Å². The van der Waals surface area contributed by atoms with Crippen molar-refractivity contribution in [2.24, 2.45) is 11.8 Å². The number of carbonyl (C=O) groups is 2. The highest BCUT2D eigenvalue weighted by atomic mass is 32.2. The zero-order chi connectivity index (χ0) is 28.2. The molecule has 1 heterocycles. The molecule has 0 aliphatic heterocycles. The van der Waals surface area contributed by atoms with Gasteiger partial charge in [-0.15, -0.1) is 5.10 Å². The lowest BCUT2D eigenvalue weighted by molar-refractivity contribution is -0.124. The minimum Gasteiger partial charge on any atom is -0.462 e. The third-order valence-corrected chi connectivity index (χ3v) is 8.90. The normalized spacial score (nSPS) is 17.7. The van der Waals surface area contributed by atoms with Crippen molar-refractivity contribution < 1.29 is 22.7 Å². The van der Waals surface area contributed by atoms with E-state index < -0.39 is 15.8 Å². The van der Waals surface area contributed by atoms with Gasteiger partial charge in [0.15, 0.2) is 15.7 Å². The lowest BCUT2D eigenvalue weighted by Crippen LogP contribution is -2.43. The fourth-order valence-corrected chi connectivity index (χ4v) is 6.38. The summed E-state index contributed by atoms with van der Waals surface area (Å²) in [5, 5.41) is 4.69. The van der Waals surface area contributed by atoms with Crippen molar-refractivity contribution >= 4 is 27.5 Å². The van der Waals surface area contributed by atoms with Crippen LogP contribution in [0.1, 0.15) is 69.3 Å². The summed E-state index contributed by atoms with van der Waals surface area (Å²) < 4.78 is 32.4. The first-order valence-corrected chi connectivity index (χ1v) is 15.2. The molecule has 208 valence electrons. The quantitative estimate of drug-likeness (QED) is 0.322. The Kier molecular flexibility index (Phi) is 8.90. The maximum atomic E-state index is 13.7. The summed E-state index contributed by atoms with van der Waals surface area (Å²) in [4.78, 5) is 28.5. The van der Waals surface area contributed by atoms with E-state index in [0.717, 1.165) is 25.7 Å². The van der Waals surface area contributed by atoms with Gasteiger partial charge < -0.3 is 4.74 Å². The van der Waals surface area contributed by atoms with Crippen LogP contribution in [-0.2, 0) is 25.1 Å². The number of ether oxygens (including phenoxy) is 1. The Bertz CT molecular complexity index is 1390. The van der Waals surface area contributed by atoms with Crippen LogP contribution in [0.4, 0.5) is 5.82 Å². The van der Waals surface area contributed by atoms with Crippen LogP contribution in [-0.4, -0.2) is 42.7 Å². The molecule has 2 aromatic carbocycles. The van der Waals surface area contributed by atoms with Crippen molar-refractivity contribution in [3.63, 3.8) is 0 Å². The summed E-state index contributed by atoms with van der Waals surface area (Å²) in [6, 6.07) is 15.1. The molecule has 39 heavy (non-hydrogen) atoms. The average Bonchev–Trinajstić information content (AvgIpc) is 3.35. The molecular weight excluding hydrogens is 514 g/mol. The molecule has 1 fully saturated rings. The van der Waals surface area contributed by atoms with Crippen molar-refractivity contribution in [2.75, 3.05) is 11.5 Å². The molecule has 0 radical (unpaired) electrons. The van der Waals surface area contributed by atoms with Gasteiger partial charge in [-0.3, -0.25) is 9.69 Å². The highest BCUT2D eigenvalue weighted by molar-refractivity contribution is 7.90. The fourth-order valence-electron chi connectivity index (χ4n) is 5.01. The van der Waals surface area contributed by atoms with E-state index in [4.69, 9.17) is 9.84 Å². The van der Waals surface area contributed by atoms with Crippen LogP contribution in [0.5, 0.6) is 0 Å². The Morgan fingerprint density at radius 1 is 1.03 bits per heavy atom. The van der Waals surface area contributed by atoms with Crippen LogP contribution >= 0.6 is 0 Å². The molecule has 0 spiro atoms. The Morgan fingerprint density at radius 3 is 2.26 bits per heavy atom. The molecule has 8 nitrogen and oxygen atoms in total. The van der Waals surface area contributed by atoms with Crippen LogP contribution in [0, 0.1) is 11.8 Å². The third kappa shape index (κ3) is 6.58. The van der Waals surface area contributed by atoms with Gasteiger partial charge in [-0.1, -0.05) is 37.3 Å². The van der Waals surface area contributed by atoms with Crippen molar-refractivity contribution in [1.82, 2.24) is 9.78 Å². The molecule has 0 saturated heterocycles. The lowest BCUT2D eigenvalue weighted by Gasteiger charge is -2.32. The van der Waals surface area contributed by atoms with E-state index in [1.807, 2.05) is 13.8 Å². The first kappa shape index (κ1) is 28.5. The van der Waals surface area contributed by atoms with Crippen LogP contribution in [0.2, 0.25) is 0 Å². The zero-order valence-corrected chi connectivity index (χ0v) is 23.9. The molecule has 4 rings (SSSR count). The number of sulfone groups is 1. The molecule has 0 atom stereocenters. The summed E-state index contributed by atoms with van der Waals surface area (Å²) >= 11 is 0. The van der Waals surface area contributed by atoms with Crippen LogP contribution in [0.25, 0.3) is 5.69 Å². The maximum absolute atomic E-state index is 13.7. The largest absolute Gasteiger partial charge is 0.462 e. The predicted octanol–water partition coefficient (Wildman–Crippen LogP) is 5.59. The van der Waals surface area contributed by atoms with Crippen molar-refractivity contribution in [3.05, 3.63) is 71.9 Å². The van der Waals surface area contributed by atoms with Gasteiger partial charge in [0.25, 0.3) is 0 Å². The second-order valence-electron chi connectivity index (χ2n) is 10.5. The van der Waals surface area contributed by atoms with Crippen molar-refractivity contribution in [1.29, 1.82) is 0 Å². The minimum atomic E-state index is -3.48. The molecule has 1 aliphatic rings. The standard InChI is InChI=1S/C30H37N3O5S/c1-5-38-30(35)27-19-32(31-28(27)33(21(2)3)29(34)24-15-11-22(4)12-16-24)25-17-13-23(14-18-25)20-39(36,37)26-9-7-6-8-10-26/h6-10,13-14,17-19,21-22,24H,5,11-12,15-16,20H2,1-4H3/t22-,24-. The van der Waals surface area contributed by atoms with E-state index in [2.05, 4.69) is 6.92 Å². The van der Waals surface area contributed by atoms with Gasteiger partial charge in [0.2, 0.25) is 5.91 Å². The number of esters is 1. The Balaban J connectivity index is 1.64. The molecule has 1 aromatic heterocycles. The van der Waals surface area contributed by atoms with Crippen LogP contribution in [0.15, 0.2) is 65.7 Å². The molecule has 1 aliphatic carbocycles. The predicted molar refractivity (Wildman–Crippen MR) is 151 cm³/mol. The molecule has 0 N–H and O–H groups in total. The third-order valence-electron chi connectivity index (χ3n) is 7.20. The van der Waals surface area contributed by atoms with Gasteiger partial charge in [0.1, 0.15) is 5.56 Å². The summed E-state index contributed by atoms with van der Waals surface area (Å²) in [7, 11) is -3.48. The number of anilines is 1. The van der Waals surface area contributed by atoms with E-state index in [0.29, 0.717) is 17.2 Å². The number of nitrogens with zero attached hydrogens (tertiary/aromatic N) is 3. The number of hydrogen-bond donors (Lipinski definition) is 0. The van der Waals surface area contributed by atoms with Crippen LogP contribution < -0.4 is 4.90 Å². The SMILES string of the molecule is CCOC(=O)c1cn(-c2ccc(CS(=O)(=O)c3ccccc3)cc2)nc1N(C(=O)[C@H]1CC[C@H](C)CC1)C(C)C. The molecule has 0 unspecified atom stereocenters. The number of aromatic nitrogens is 2. The van der Waals surface area contributed by atoms with Gasteiger partial charge in [0.05, 0.1) is 22.9 Å². The monoisotopic (exact) mass is 551 g/mol. The Morgan fingerprint density at radius 2 is 1.67 bits per heavy atom. The summed E-state index contributed by atoms with van der Waals surface area (Å²) in [6.07, 6.45) is 5.24. The molecular formula is C30H37N3O5S. The highest BCUT2D eigenvalue weighted by Crippen LogP contribution is 2.33. The van der Waals surface area contributed by atoms with Gasteiger partial charge in [-0.25, -0.2) is 17.9 Å². The Labute approximate surface area is 230 Å². The van der Waals surface area contributed by atoms with E-state index >= 15 is 0 Å². The average molecular weight is 552 g/mol. The molecule has 1 amide bonds. The first-order valence-electron chi connectivity index (χ1n) is 13.6. The molecule has 3 aromatic rings. The van der Waals surface area contributed by atoms with Gasteiger partial charge in [-0.2, -0.15) is 0 Å². The second-order valence-corrected chi connectivity index (χ2v) is 12.5. The van der Waals surface area contributed by atoms with Gasteiger partial charge >= 0.3 is 5.97 Å². The van der Waals surface area contributed by atoms with E-state index in [1.54, 1.807) is 77.3 Å². The van der Waals surface area contributed by atoms with Crippen LogP contribution in [0.3, 0.4) is 0 Å². The van der Waals surface area contributed by atoms with E-state index in [-0.39, 0.29) is 46.5 Å². The van der Waals surface area contributed by atoms with E-state index in [1.165, 1.54) is 0 Å². The lowest BCUT2D eigenvalue weighted by atomic mass is 9.82. The number of rotatable bonds is 9. The molecule has 9 heteroatoms. The second kappa shape index (κ2) is 12.2. The molecule has 0 bridgehead atoms. The maximum Gasteiger partial charge on any atom is 0.343 e. The fraction of sp³-hybridized carbons (Fsp3) is 0.433. The number of amides is 1. The zero-order valence-electron chi connectivity index (χ0n) is 23.0. The summed E-state index contributed by atoms with van der Waals surface area (Å²) in [5.74, 6) is 0.0962. The number of benzene rings is 2.